The van der Waals surface area contributed by atoms with Gasteiger partial charge in [0.15, 0.2) is 13.2 Å². The van der Waals surface area contributed by atoms with Gasteiger partial charge in [-0.2, -0.15) is 43.9 Å². The molecule has 32 heavy (non-hydrogen) atoms. The summed E-state index contributed by atoms with van der Waals surface area (Å²) < 4.78 is 130. The number of halogens is 10. The van der Waals surface area contributed by atoms with Crippen molar-refractivity contribution >= 4 is 12.2 Å². The van der Waals surface area contributed by atoms with Crippen molar-refractivity contribution in [1.29, 1.82) is 0 Å². The van der Waals surface area contributed by atoms with Crippen LogP contribution >= 0.6 is 0 Å². The molecule has 2 atom stereocenters. The van der Waals surface area contributed by atoms with E-state index in [1.165, 1.54) is 0 Å². The molecule has 1 rings (SSSR count). The van der Waals surface area contributed by atoms with E-state index in [-0.39, 0.29) is 25.4 Å². The van der Waals surface area contributed by atoms with Gasteiger partial charge in [-0.25, -0.2) is 9.59 Å². The van der Waals surface area contributed by atoms with E-state index in [1.54, 1.807) is 12.2 Å². The summed E-state index contributed by atoms with van der Waals surface area (Å²) in [5.41, 5.74) is 0. The van der Waals surface area contributed by atoms with Crippen molar-refractivity contribution in [3.8, 4) is 0 Å². The molecule has 0 aliphatic heterocycles. The van der Waals surface area contributed by atoms with Crippen LogP contribution in [0, 0.1) is 11.8 Å². The molecular formula is C16H18F10N2O4. The Kier molecular flexibility index (Phi) is 9.03. The van der Waals surface area contributed by atoms with Gasteiger partial charge >= 0.3 is 36.4 Å². The van der Waals surface area contributed by atoms with Crippen molar-refractivity contribution < 1.29 is 63.0 Å². The summed E-state index contributed by atoms with van der Waals surface area (Å²) in [5, 5.41) is 4.01. The SMILES string of the molecule is O=C(NCC1C=CCC(CNC(=O)OCC(F)(F)C(F)(F)F)C1)OCC(F)(F)C(F)(F)F. The third-order valence-corrected chi connectivity index (χ3v) is 4.16. The topological polar surface area (TPSA) is 76.7 Å². The molecule has 2 N–H and O–H groups in total. The zero-order chi connectivity index (χ0) is 24.8. The van der Waals surface area contributed by atoms with Crippen molar-refractivity contribution in [1.82, 2.24) is 10.6 Å². The van der Waals surface area contributed by atoms with Gasteiger partial charge in [0.2, 0.25) is 0 Å². The third-order valence-electron chi connectivity index (χ3n) is 4.16. The highest BCUT2D eigenvalue weighted by atomic mass is 19.4. The van der Waals surface area contributed by atoms with Gasteiger partial charge in [0.05, 0.1) is 0 Å². The number of ether oxygens (including phenoxy) is 2. The van der Waals surface area contributed by atoms with Crippen LogP contribution in [0.25, 0.3) is 0 Å². The molecule has 1 aliphatic carbocycles. The number of allylic oxidation sites excluding steroid dienone is 1. The Morgan fingerprint density at radius 3 is 1.66 bits per heavy atom. The van der Waals surface area contributed by atoms with E-state index in [0.717, 1.165) is 0 Å². The molecule has 0 aromatic carbocycles. The quantitative estimate of drug-likeness (QED) is 0.389. The van der Waals surface area contributed by atoms with E-state index in [2.05, 4.69) is 9.47 Å². The van der Waals surface area contributed by atoms with Crippen molar-refractivity contribution in [3.05, 3.63) is 12.2 Å². The zero-order valence-electron chi connectivity index (χ0n) is 16.0. The summed E-state index contributed by atoms with van der Waals surface area (Å²) in [7, 11) is 0. The summed E-state index contributed by atoms with van der Waals surface area (Å²) in [6.07, 6.45) is -11.0. The van der Waals surface area contributed by atoms with E-state index >= 15 is 0 Å². The minimum atomic E-state index is -5.89. The first-order valence-electron chi connectivity index (χ1n) is 8.81. The minimum absolute atomic E-state index is 0.181. The number of hydrogen-bond acceptors (Lipinski definition) is 4. The number of carbonyl (C=O) groups excluding carboxylic acids is 2. The van der Waals surface area contributed by atoms with Crippen LogP contribution in [0.15, 0.2) is 12.2 Å². The molecule has 0 heterocycles. The van der Waals surface area contributed by atoms with Crippen molar-refractivity contribution in [2.24, 2.45) is 11.8 Å². The molecular weight excluding hydrogens is 474 g/mol. The number of nitrogens with one attached hydrogen (secondary N) is 2. The Labute approximate surface area is 174 Å². The van der Waals surface area contributed by atoms with Gasteiger partial charge in [-0.05, 0) is 24.7 Å². The van der Waals surface area contributed by atoms with Crippen molar-refractivity contribution in [2.75, 3.05) is 26.3 Å². The second-order valence-corrected chi connectivity index (χ2v) is 6.84. The van der Waals surface area contributed by atoms with Crippen LogP contribution in [0.4, 0.5) is 53.5 Å². The molecule has 0 saturated heterocycles. The van der Waals surface area contributed by atoms with Crippen LogP contribution in [0.5, 0.6) is 0 Å². The first-order chi connectivity index (χ1) is 14.4. The summed E-state index contributed by atoms with van der Waals surface area (Å²) in [6.45, 7) is -4.80. The molecule has 0 saturated carbocycles. The Bertz CT molecular complexity index is 679. The molecule has 2 unspecified atom stereocenters. The predicted octanol–water partition coefficient (Wildman–Crippen LogP) is 4.42. The lowest BCUT2D eigenvalue weighted by molar-refractivity contribution is -0.292. The Morgan fingerprint density at radius 2 is 1.22 bits per heavy atom. The van der Waals surface area contributed by atoms with E-state index in [0.29, 0.717) is 6.42 Å². The van der Waals surface area contributed by atoms with Crippen molar-refractivity contribution in [2.45, 2.75) is 37.0 Å². The van der Waals surface area contributed by atoms with E-state index in [9.17, 15) is 53.5 Å². The Morgan fingerprint density at radius 1 is 0.781 bits per heavy atom. The maximum Gasteiger partial charge on any atom is 0.456 e. The standard InChI is InChI=1S/C16H18F10N2O4/c17-13(18,15(21,22)23)7-31-11(29)27-5-9-2-1-3-10(4-9)6-28-12(30)32-8-14(19,20)16(24,25)26/h1-2,9-10H,3-8H2,(H,27,29)(H,28,30). The van der Waals surface area contributed by atoms with Gasteiger partial charge in [-0.1, -0.05) is 12.2 Å². The highest BCUT2D eigenvalue weighted by molar-refractivity contribution is 5.67. The average molecular weight is 492 g/mol. The molecule has 0 radical (unpaired) electrons. The molecule has 0 fully saturated rings. The number of rotatable bonds is 8. The van der Waals surface area contributed by atoms with Gasteiger partial charge < -0.3 is 20.1 Å². The summed E-state index contributed by atoms with van der Waals surface area (Å²) in [6, 6.07) is 0. The molecule has 6 nitrogen and oxygen atoms in total. The summed E-state index contributed by atoms with van der Waals surface area (Å²) >= 11 is 0. The van der Waals surface area contributed by atoms with Crippen LogP contribution < -0.4 is 10.6 Å². The molecule has 0 aromatic rings. The highest BCUT2D eigenvalue weighted by Crippen LogP contribution is 2.36. The minimum Gasteiger partial charge on any atom is -0.443 e. The maximum absolute atomic E-state index is 12.7. The van der Waals surface area contributed by atoms with Gasteiger partial charge in [0, 0.05) is 13.1 Å². The number of carbonyl (C=O) groups is 2. The monoisotopic (exact) mass is 492 g/mol. The Balaban J connectivity index is 2.35. The fourth-order valence-electron chi connectivity index (χ4n) is 2.40. The number of alkyl carbamates (subject to hydrolysis) is 2. The van der Waals surface area contributed by atoms with E-state index < -0.39 is 55.5 Å². The fourth-order valence-corrected chi connectivity index (χ4v) is 2.40. The normalized spacial score (nSPS) is 19.9. The zero-order valence-corrected chi connectivity index (χ0v) is 16.0. The molecule has 0 aromatic heterocycles. The molecule has 16 heteroatoms. The van der Waals surface area contributed by atoms with Crippen LogP contribution in [0.2, 0.25) is 0 Å². The smallest absolute Gasteiger partial charge is 0.443 e. The number of alkyl halides is 10. The molecule has 0 bridgehead atoms. The summed E-state index contributed by atoms with van der Waals surface area (Å²) in [4.78, 5) is 22.6. The van der Waals surface area contributed by atoms with Crippen LogP contribution in [0.1, 0.15) is 12.8 Å². The highest BCUT2D eigenvalue weighted by Gasteiger charge is 2.59. The van der Waals surface area contributed by atoms with Crippen LogP contribution in [0.3, 0.4) is 0 Å². The average Bonchev–Trinajstić information content (AvgIpc) is 2.66. The fraction of sp³-hybridized carbons (Fsp3) is 0.750. The molecule has 186 valence electrons. The summed E-state index contributed by atoms with van der Waals surface area (Å²) in [5.74, 6) is -11.2. The first-order valence-corrected chi connectivity index (χ1v) is 8.81. The van der Waals surface area contributed by atoms with Crippen LogP contribution in [-0.2, 0) is 9.47 Å². The molecule has 2 amide bonds. The lowest BCUT2D eigenvalue weighted by Crippen LogP contribution is -2.43. The van der Waals surface area contributed by atoms with Crippen LogP contribution in [-0.4, -0.2) is 62.7 Å². The second kappa shape index (κ2) is 10.5. The van der Waals surface area contributed by atoms with Gasteiger partial charge in [0.25, 0.3) is 0 Å². The lowest BCUT2D eigenvalue weighted by Gasteiger charge is -2.25. The Hall–Kier alpha value is -2.42. The third kappa shape index (κ3) is 8.61. The largest absolute Gasteiger partial charge is 0.456 e. The maximum atomic E-state index is 12.7. The lowest BCUT2D eigenvalue weighted by atomic mass is 9.86. The van der Waals surface area contributed by atoms with Gasteiger partial charge in [-0.15, -0.1) is 0 Å². The van der Waals surface area contributed by atoms with E-state index in [1.807, 2.05) is 10.6 Å². The second-order valence-electron chi connectivity index (χ2n) is 6.84. The number of amides is 2. The first kappa shape index (κ1) is 27.6. The van der Waals surface area contributed by atoms with Gasteiger partial charge in [0.1, 0.15) is 0 Å². The predicted molar refractivity (Wildman–Crippen MR) is 86.1 cm³/mol. The van der Waals surface area contributed by atoms with Gasteiger partial charge in [-0.3, -0.25) is 0 Å². The van der Waals surface area contributed by atoms with Crippen molar-refractivity contribution in [3.63, 3.8) is 0 Å². The molecule has 1 aliphatic rings. The molecule has 0 spiro atoms. The number of hydrogen-bond donors (Lipinski definition) is 2. The van der Waals surface area contributed by atoms with E-state index in [4.69, 9.17) is 0 Å².